The summed E-state index contributed by atoms with van der Waals surface area (Å²) < 4.78 is 11.0. The van der Waals surface area contributed by atoms with Gasteiger partial charge in [-0.1, -0.05) is 35.0 Å². The molecule has 2 aromatic carbocycles. The van der Waals surface area contributed by atoms with Crippen LogP contribution in [0.15, 0.2) is 41.6 Å². The minimum atomic E-state index is 0.132. The Morgan fingerprint density at radius 1 is 1.11 bits per heavy atom. The van der Waals surface area contributed by atoms with E-state index < -0.39 is 0 Å². The van der Waals surface area contributed by atoms with Gasteiger partial charge in [0.15, 0.2) is 11.5 Å². The van der Waals surface area contributed by atoms with Crippen LogP contribution in [0.5, 0.6) is 11.5 Å². The van der Waals surface area contributed by atoms with Gasteiger partial charge in [0.2, 0.25) is 0 Å². The zero-order chi connectivity index (χ0) is 19.0. The second-order valence-corrected chi connectivity index (χ2v) is 7.43. The van der Waals surface area contributed by atoms with Crippen LogP contribution in [0.4, 0.5) is 0 Å². The van der Waals surface area contributed by atoms with E-state index in [0.29, 0.717) is 0 Å². The first kappa shape index (κ1) is 17.9. The molecule has 2 atom stereocenters. The number of oxime groups is 1. The number of hydrogen-bond donors (Lipinski definition) is 1. The smallest absolute Gasteiger partial charge is 0.161 e. The highest BCUT2D eigenvalue weighted by Gasteiger charge is 2.38. The quantitative estimate of drug-likeness (QED) is 0.661. The second kappa shape index (κ2) is 7.24. The lowest BCUT2D eigenvalue weighted by Crippen LogP contribution is -2.45. The maximum absolute atomic E-state index is 9.74. The first-order valence-electron chi connectivity index (χ1n) is 9.40. The van der Waals surface area contributed by atoms with E-state index in [2.05, 4.69) is 53.4 Å². The standard InChI is InChI=1S/C22H26N2O3/c1-14-5-4-6-15(9-14)18-13-24-8-7-16-10-21(26-2)22(27-3)11-17(16)20(24)12-19(18)23-25/h4-6,9-11,18,20,25H,7-8,12-13H2,1-3H3. The third-order valence-electron chi connectivity index (χ3n) is 5.91. The molecule has 5 nitrogen and oxygen atoms in total. The molecule has 0 saturated carbocycles. The van der Waals surface area contributed by atoms with Crippen LogP contribution in [0.2, 0.25) is 0 Å². The van der Waals surface area contributed by atoms with E-state index in [1.807, 2.05) is 0 Å². The average Bonchev–Trinajstić information content (AvgIpc) is 2.71. The molecule has 0 aliphatic carbocycles. The maximum Gasteiger partial charge on any atom is 0.161 e. The minimum Gasteiger partial charge on any atom is -0.493 e. The summed E-state index contributed by atoms with van der Waals surface area (Å²) in [5, 5.41) is 13.4. The second-order valence-electron chi connectivity index (χ2n) is 7.43. The van der Waals surface area contributed by atoms with Crippen LogP contribution in [0.25, 0.3) is 0 Å². The van der Waals surface area contributed by atoms with E-state index in [-0.39, 0.29) is 12.0 Å². The van der Waals surface area contributed by atoms with Crippen molar-refractivity contribution >= 4 is 5.71 Å². The number of hydrogen-bond acceptors (Lipinski definition) is 5. The average molecular weight is 366 g/mol. The highest BCUT2D eigenvalue weighted by Crippen LogP contribution is 2.43. The van der Waals surface area contributed by atoms with Crippen molar-refractivity contribution in [2.24, 2.45) is 5.16 Å². The van der Waals surface area contributed by atoms with Gasteiger partial charge in [0.1, 0.15) is 0 Å². The van der Waals surface area contributed by atoms with E-state index in [1.165, 1.54) is 22.3 Å². The highest BCUT2D eigenvalue weighted by molar-refractivity contribution is 5.92. The van der Waals surface area contributed by atoms with Crippen LogP contribution in [0, 0.1) is 6.92 Å². The van der Waals surface area contributed by atoms with Crippen LogP contribution < -0.4 is 9.47 Å². The summed E-state index contributed by atoms with van der Waals surface area (Å²) in [6.07, 6.45) is 1.70. The summed E-state index contributed by atoms with van der Waals surface area (Å²) in [7, 11) is 3.34. The summed E-state index contributed by atoms with van der Waals surface area (Å²) >= 11 is 0. The molecule has 2 unspecified atom stereocenters. The van der Waals surface area contributed by atoms with Gasteiger partial charge in [-0.15, -0.1) is 0 Å². The third-order valence-corrected chi connectivity index (χ3v) is 5.91. The molecule has 0 amide bonds. The lowest BCUT2D eigenvalue weighted by molar-refractivity contribution is 0.166. The lowest BCUT2D eigenvalue weighted by Gasteiger charge is -2.44. The summed E-state index contributed by atoms with van der Waals surface area (Å²) in [5.41, 5.74) is 5.85. The first-order chi connectivity index (χ1) is 13.1. The molecule has 2 aromatic rings. The van der Waals surface area contributed by atoms with Crippen LogP contribution in [-0.2, 0) is 6.42 Å². The van der Waals surface area contributed by atoms with E-state index in [0.717, 1.165) is 43.1 Å². The Hall–Kier alpha value is -2.53. The molecular weight excluding hydrogens is 340 g/mol. The number of nitrogens with zero attached hydrogens (tertiary/aromatic N) is 2. The molecule has 142 valence electrons. The molecular formula is C22H26N2O3. The van der Waals surface area contributed by atoms with Crippen LogP contribution >= 0.6 is 0 Å². The summed E-state index contributed by atoms with van der Waals surface area (Å²) in [6, 6.07) is 12.9. The summed E-state index contributed by atoms with van der Waals surface area (Å²) in [4.78, 5) is 2.51. The van der Waals surface area contributed by atoms with Crippen molar-refractivity contribution in [3.05, 3.63) is 58.7 Å². The monoisotopic (exact) mass is 366 g/mol. The number of aryl methyl sites for hydroxylation is 1. The van der Waals surface area contributed by atoms with Gasteiger partial charge in [-0.05, 0) is 42.2 Å². The van der Waals surface area contributed by atoms with E-state index >= 15 is 0 Å². The maximum atomic E-state index is 9.74. The Morgan fingerprint density at radius 3 is 2.59 bits per heavy atom. The van der Waals surface area contributed by atoms with Crippen molar-refractivity contribution in [1.82, 2.24) is 4.90 Å². The lowest BCUT2D eigenvalue weighted by atomic mass is 9.79. The predicted molar refractivity (Wildman–Crippen MR) is 105 cm³/mol. The van der Waals surface area contributed by atoms with Crippen molar-refractivity contribution in [2.75, 3.05) is 27.3 Å². The van der Waals surface area contributed by atoms with Gasteiger partial charge in [-0.25, -0.2) is 0 Å². The molecule has 0 radical (unpaired) electrons. The molecule has 0 spiro atoms. The zero-order valence-corrected chi connectivity index (χ0v) is 16.1. The Balaban J connectivity index is 1.69. The first-order valence-corrected chi connectivity index (χ1v) is 9.40. The van der Waals surface area contributed by atoms with Gasteiger partial charge in [-0.3, -0.25) is 4.90 Å². The normalized spacial score (nSPS) is 23.6. The van der Waals surface area contributed by atoms with E-state index in [4.69, 9.17) is 9.47 Å². The predicted octanol–water partition coefficient (Wildman–Crippen LogP) is 3.93. The van der Waals surface area contributed by atoms with Crippen molar-refractivity contribution in [3.8, 4) is 11.5 Å². The third kappa shape index (κ3) is 3.16. The molecule has 0 bridgehead atoms. The number of methoxy groups -OCH3 is 2. The Kier molecular flexibility index (Phi) is 4.79. The van der Waals surface area contributed by atoms with E-state index in [1.54, 1.807) is 14.2 Å². The molecule has 2 heterocycles. The number of piperidine rings is 1. The largest absolute Gasteiger partial charge is 0.493 e. The fourth-order valence-electron chi connectivity index (χ4n) is 4.51. The molecule has 1 fully saturated rings. The van der Waals surface area contributed by atoms with Crippen molar-refractivity contribution in [1.29, 1.82) is 0 Å². The van der Waals surface area contributed by atoms with Crippen LogP contribution in [0.3, 0.4) is 0 Å². The topological polar surface area (TPSA) is 54.3 Å². The van der Waals surface area contributed by atoms with Crippen LogP contribution in [-0.4, -0.2) is 43.1 Å². The highest BCUT2D eigenvalue weighted by atomic mass is 16.5. The SMILES string of the molecule is COc1cc2c(cc1OC)C1CC(=NO)C(c3cccc(C)c3)CN1CC2. The van der Waals surface area contributed by atoms with Gasteiger partial charge in [0.25, 0.3) is 0 Å². The molecule has 1 saturated heterocycles. The van der Waals surface area contributed by atoms with Gasteiger partial charge < -0.3 is 14.7 Å². The molecule has 1 N–H and O–H groups in total. The summed E-state index contributed by atoms with van der Waals surface area (Å²) in [5.74, 6) is 1.66. The molecule has 2 aliphatic rings. The van der Waals surface area contributed by atoms with Crippen molar-refractivity contribution < 1.29 is 14.7 Å². The molecule has 0 aromatic heterocycles. The molecule has 4 rings (SSSR count). The number of ether oxygens (including phenoxy) is 2. The number of rotatable bonds is 3. The molecule has 2 aliphatic heterocycles. The summed E-state index contributed by atoms with van der Waals surface area (Å²) in [6.45, 7) is 3.96. The van der Waals surface area contributed by atoms with Gasteiger partial charge in [-0.2, -0.15) is 0 Å². The molecule has 5 heteroatoms. The minimum absolute atomic E-state index is 0.132. The zero-order valence-electron chi connectivity index (χ0n) is 16.1. The Bertz CT molecular complexity index is 878. The Morgan fingerprint density at radius 2 is 1.89 bits per heavy atom. The fourth-order valence-corrected chi connectivity index (χ4v) is 4.51. The van der Waals surface area contributed by atoms with Crippen molar-refractivity contribution in [3.63, 3.8) is 0 Å². The van der Waals surface area contributed by atoms with Gasteiger partial charge in [0.05, 0.1) is 19.9 Å². The number of benzene rings is 2. The molecule has 27 heavy (non-hydrogen) atoms. The van der Waals surface area contributed by atoms with Gasteiger partial charge >= 0.3 is 0 Å². The fraction of sp³-hybridized carbons (Fsp3) is 0.409. The number of fused-ring (bicyclic) bond motifs is 3. The van der Waals surface area contributed by atoms with Gasteiger partial charge in [0, 0.05) is 31.5 Å². The Labute approximate surface area is 160 Å². The van der Waals surface area contributed by atoms with Crippen LogP contribution in [0.1, 0.15) is 40.6 Å². The van der Waals surface area contributed by atoms with Crippen molar-refractivity contribution in [2.45, 2.75) is 31.7 Å². The van der Waals surface area contributed by atoms with E-state index in [9.17, 15) is 5.21 Å².